The van der Waals surface area contributed by atoms with E-state index in [2.05, 4.69) is 53.7 Å². The molecule has 0 atom stereocenters. The topological polar surface area (TPSA) is 18.5 Å². The second-order valence-electron chi connectivity index (χ2n) is 8.58. The number of hydrogen-bond donors (Lipinski definition) is 0. The van der Waals surface area contributed by atoms with E-state index < -0.39 is 0 Å². The molecule has 0 saturated carbocycles. The molecule has 2 heteroatoms. The quantitative estimate of drug-likeness (QED) is 0.604. The largest absolute Gasteiger partial charge is 0.489 e. The molecule has 0 fully saturated rings. The van der Waals surface area contributed by atoms with Gasteiger partial charge in [-0.1, -0.05) is 32.4 Å². The van der Waals surface area contributed by atoms with Crippen molar-refractivity contribution in [2.75, 3.05) is 6.61 Å². The number of hydrogen-bond acceptors (Lipinski definition) is 2. The van der Waals surface area contributed by atoms with E-state index in [0.29, 0.717) is 12.0 Å². The fourth-order valence-electron chi connectivity index (χ4n) is 2.94. The summed E-state index contributed by atoms with van der Waals surface area (Å²) in [6, 6.07) is 6.19. The first-order valence-corrected chi connectivity index (χ1v) is 8.75. The van der Waals surface area contributed by atoms with Gasteiger partial charge in [0.2, 0.25) is 0 Å². The van der Waals surface area contributed by atoms with Gasteiger partial charge in [-0.05, 0) is 63.2 Å². The zero-order valence-corrected chi connectivity index (χ0v) is 15.7. The molecule has 0 bridgehead atoms. The van der Waals surface area contributed by atoms with Crippen molar-refractivity contribution in [2.24, 2.45) is 5.41 Å². The van der Waals surface area contributed by atoms with Crippen LogP contribution in [0.3, 0.4) is 0 Å². The molecule has 2 rings (SSSR count). The van der Waals surface area contributed by atoms with Gasteiger partial charge in [-0.15, -0.1) is 0 Å². The standard InChI is InChI=1S/C21H32O2/c1-16(8-7-12-20(2,3)4)11-13-22-18-10-9-17-15-21(5,6)23-19(17)14-18/h9-11,14H,7-8,12-13,15H2,1-6H3/b16-11+. The van der Waals surface area contributed by atoms with Gasteiger partial charge in [0, 0.05) is 12.5 Å². The van der Waals surface area contributed by atoms with E-state index in [-0.39, 0.29) is 5.60 Å². The highest BCUT2D eigenvalue weighted by atomic mass is 16.5. The molecule has 0 N–H and O–H groups in total. The van der Waals surface area contributed by atoms with Crippen LogP contribution >= 0.6 is 0 Å². The molecule has 1 aliphatic heterocycles. The first-order chi connectivity index (χ1) is 10.6. The van der Waals surface area contributed by atoms with Gasteiger partial charge in [0.15, 0.2) is 0 Å². The maximum Gasteiger partial charge on any atom is 0.127 e. The Morgan fingerprint density at radius 3 is 2.74 bits per heavy atom. The smallest absolute Gasteiger partial charge is 0.127 e. The minimum absolute atomic E-state index is 0.0928. The average Bonchev–Trinajstić information content (AvgIpc) is 2.70. The SMILES string of the molecule is C/C(=C\COc1ccc2c(c1)OC(C)(C)C2)CCCC(C)(C)C. The molecule has 1 aromatic rings. The molecule has 1 heterocycles. The summed E-state index contributed by atoms with van der Waals surface area (Å²) in [4.78, 5) is 0. The van der Waals surface area contributed by atoms with Crippen molar-refractivity contribution in [1.82, 2.24) is 0 Å². The molecule has 2 nitrogen and oxygen atoms in total. The van der Waals surface area contributed by atoms with E-state index in [0.717, 1.165) is 24.3 Å². The Morgan fingerprint density at radius 2 is 2.04 bits per heavy atom. The molecule has 1 aliphatic rings. The highest BCUT2D eigenvalue weighted by Gasteiger charge is 2.29. The third-order valence-corrected chi connectivity index (χ3v) is 4.22. The Labute approximate surface area is 141 Å². The lowest BCUT2D eigenvalue weighted by Gasteiger charge is -2.17. The second-order valence-corrected chi connectivity index (χ2v) is 8.58. The van der Waals surface area contributed by atoms with Gasteiger partial charge in [-0.3, -0.25) is 0 Å². The molecule has 0 aromatic heterocycles. The Hall–Kier alpha value is -1.44. The molecule has 0 unspecified atom stereocenters. The highest BCUT2D eigenvalue weighted by molar-refractivity contribution is 5.44. The van der Waals surface area contributed by atoms with E-state index in [1.807, 2.05) is 12.1 Å². The Balaban J connectivity index is 1.79. The van der Waals surface area contributed by atoms with E-state index in [1.165, 1.54) is 24.0 Å². The number of allylic oxidation sites excluding steroid dienone is 1. The van der Waals surface area contributed by atoms with Crippen LogP contribution < -0.4 is 9.47 Å². The van der Waals surface area contributed by atoms with Crippen LogP contribution in [0.25, 0.3) is 0 Å². The molecular weight excluding hydrogens is 284 g/mol. The van der Waals surface area contributed by atoms with E-state index in [1.54, 1.807) is 0 Å². The monoisotopic (exact) mass is 316 g/mol. The van der Waals surface area contributed by atoms with Crippen LogP contribution in [0.4, 0.5) is 0 Å². The fraction of sp³-hybridized carbons (Fsp3) is 0.619. The minimum Gasteiger partial charge on any atom is -0.489 e. The van der Waals surface area contributed by atoms with Crippen molar-refractivity contribution >= 4 is 0 Å². The predicted octanol–water partition coefficient (Wildman–Crippen LogP) is 5.94. The molecule has 1 aromatic carbocycles. The summed E-state index contributed by atoms with van der Waals surface area (Å²) >= 11 is 0. The number of benzene rings is 1. The third kappa shape index (κ3) is 5.93. The molecule has 0 saturated heterocycles. The van der Waals surface area contributed by atoms with Crippen LogP contribution in [0.5, 0.6) is 11.5 Å². The summed E-state index contributed by atoms with van der Waals surface area (Å²) in [5.41, 5.74) is 3.02. The van der Waals surface area contributed by atoms with Gasteiger partial charge in [0.25, 0.3) is 0 Å². The van der Waals surface area contributed by atoms with Gasteiger partial charge in [-0.2, -0.15) is 0 Å². The number of ether oxygens (including phenoxy) is 2. The van der Waals surface area contributed by atoms with Crippen LogP contribution in [-0.4, -0.2) is 12.2 Å². The zero-order chi connectivity index (χ0) is 17.1. The lowest BCUT2D eigenvalue weighted by atomic mass is 9.89. The van der Waals surface area contributed by atoms with Gasteiger partial charge in [0.05, 0.1) is 0 Å². The Bertz CT molecular complexity index is 562. The van der Waals surface area contributed by atoms with Gasteiger partial charge in [0.1, 0.15) is 23.7 Å². The first-order valence-electron chi connectivity index (χ1n) is 8.75. The van der Waals surface area contributed by atoms with Crippen molar-refractivity contribution in [3.8, 4) is 11.5 Å². The maximum atomic E-state index is 5.95. The van der Waals surface area contributed by atoms with Crippen molar-refractivity contribution in [1.29, 1.82) is 0 Å². The number of rotatable bonds is 6. The number of fused-ring (bicyclic) bond motifs is 1. The van der Waals surface area contributed by atoms with Gasteiger partial charge >= 0.3 is 0 Å². The summed E-state index contributed by atoms with van der Waals surface area (Å²) in [5.74, 6) is 1.86. The summed E-state index contributed by atoms with van der Waals surface area (Å²) < 4.78 is 11.8. The van der Waals surface area contributed by atoms with Crippen molar-refractivity contribution in [3.05, 3.63) is 35.4 Å². The lowest BCUT2D eigenvalue weighted by molar-refractivity contribution is 0.138. The molecule has 128 valence electrons. The summed E-state index contributed by atoms with van der Waals surface area (Å²) in [6.07, 6.45) is 6.82. The van der Waals surface area contributed by atoms with Crippen molar-refractivity contribution in [2.45, 2.75) is 72.8 Å². The summed E-state index contributed by atoms with van der Waals surface area (Å²) in [7, 11) is 0. The van der Waals surface area contributed by atoms with Gasteiger partial charge < -0.3 is 9.47 Å². The molecule has 0 aliphatic carbocycles. The molecule has 0 amide bonds. The van der Waals surface area contributed by atoms with Crippen molar-refractivity contribution in [3.63, 3.8) is 0 Å². The van der Waals surface area contributed by atoms with E-state index in [9.17, 15) is 0 Å². The Kier molecular flexibility index (Phi) is 5.44. The normalized spacial score (nSPS) is 16.9. The van der Waals surface area contributed by atoms with E-state index >= 15 is 0 Å². The third-order valence-electron chi connectivity index (χ3n) is 4.22. The summed E-state index contributed by atoms with van der Waals surface area (Å²) in [6.45, 7) is 14.0. The van der Waals surface area contributed by atoms with Crippen LogP contribution in [0.1, 0.15) is 66.4 Å². The Morgan fingerprint density at radius 1 is 1.30 bits per heavy atom. The first kappa shape index (κ1) is 17.9. The molecular formula is C21H32O2. The van der Waals surface area contributed by atoms with Crippen LogP contribution in [0, 0.1) is 5.41 Å². The highest BCUT2D eigenvalue weighted by Crippen LogP contribution is 2.37. The molecule has 0 radical (unpaired) electrons. The minimum atomic E-state index is -0.0928. The molecule has 0 spiro atoms. The fourth-order valence-corrected chi connectivity index (χ4v) is 2.94. The van der Waals surface area contributed by atoms with Gasteiger partial charge in [-0.25, -0.2) is 0 Å². The second kappa shape index (κ2) is 6.98. The van der Waals surface area contributed by atoms with E-state index in [4.69, 9.17) is 9.47 Å². The van der Waals surface area contributed by atoms with Crippen molar-refractivity contribution < 1.29 is 9.47 Å². The van der Waals surface area contributed by atoms with Crippen LogP contribution in [0.2, 0.25) is 0 Å². The predicted molar refractivity (Wildman–Crippen MR) is 97.4 cm³/mol. The zero-order valence-electron chi connectivity index (χ0n) is 15.7. The van der Waals surface area contributed by atoms with Crippen LogP contribution in [0.15, 0.2) is 29.8 Å². The average molecular weight is 316 g/mol. The summed E-state index contributed by atoms with van der Waals surface area (Å²) in [5, 5.41) is 0. The van der Waals surface area contributed by atoms with Crippen LogP contribution in [-0.2, 0) is 6.42 Å². The maximum absolute atomic E-state index is 5.95. The lowest BCUT2D eigenvalue weighted by Crippen LogP contribution is -2.24. The molecule has 23 heavy (non-hydrogen) atoms.